The Morgan fingerprint density at radius 1 is 0.976 bits per heavy atom. The normalized spacial score (nSPS) is 47.4. The average Bonchev–Trinajstić information content (AvgIpc) is 2.91. The van der Waals surface area contributed by atoms with Crippen molar-refractivity contribution in [1.29, 1.82) is 0 Å². The van der Waals surface area contributed by atoms with Crippen LogP contribution in [0.1, 0.15) is 113 Å². The summed E-state index contributed by atoms with van der Waals surface area (Å²) >= 11 is 0. The maximum atomic E-state index is 13.9. The highest BCUT2D eigenvalue weighted by molar-refractivity contribution is 5.79. The highest BCUT2D eigenvalue weighted by atomic mass is 16.5. The van der Waals surface area contributed by atoms with Crippen molar-refractivity contribution >= 4 is 11.9 Å². The highest BCUT2D eigenvalue weighted by Crippen LogP contribution is 2.76. The summed E-state index contributed by atoms with van der Waals surface area (Å²) < 4.78 is 11.7. The number of hydrogen-bond donors (Lipinski definition) is 2. The molecule has 0 aromatic rings. The predicted molar refractivity (Wildman–Crippen MR) is 159 cm³/mol. The Kier molecular flexibility index (Phi) is 7.84. The van der Waals surface area contributed by atoms with E-state index in [-0.39, 0.29) is 52.2 Å². The molecule has 0 aliphatic heterocycles. The first-order chi connectivity index (χ1) is 19.1. The highest BCUT2D eigenvalue weighted by Gasteiger charge is 2.70. The van der Waals surface area contributed by atoms with E-state index in [1.807, 2.05) is 0 Å². The fourth-order valence-corrected chi connectivity index (χ4v) is 11.6. The van der Waals surface area contributed by atoms with Crippen molar-refractivity contribution in [2.75, 3.05) is 13.2 Å². The molecule has 0 spiro atoms. The van der Waals surface area contributed by atoms with Gasteiger partial charge in [-0.3, -0.25) is 9.59 Å². The molecule has 0 saturated heterocycles. The lowest BCUT2D eigenvalue weighted by Gasteiger charge is -2.71. The third-order valence-corrected chi connectivity index (χ3v) is 14.3. The Balaban J connectivity index is 1.52. The van der Waals surface area contributed by atoms with Gasteiger partial charge in [-0.05, 0) is 104 Å². The van der Waals surface area contributed by atoms with E-state index in [0.717, 1.165) is 57.8 Å². The van der Waals surface area contributed by atoms with E-state index in [0.29, 0.717) is 23.7 Å². The van der Waals surface area contributed by atoms with Crippen molar-refractivity contribution in [3.8, 4) is 0 Å². The number of fused-ring (bicyclic) bond motifs is 7. The second-order valence-electron chi connectivity index (χ2n) is 16.2. The number of ether oxygens (including phenoxy) is 2. The second kappa shape index (κ2) is 10.4. The van der Waals surface area contributed by atoms with Gasteiger partial charge in [0.05, 0.1) is 12.0 Å². The van der Waals surface area contributed by atoms with Gasteiger partial charge in [-0.25, -0.2) is 0 Å². The summed E-state index contributed by atoms with van der Waals surface area (Å²) in [5.74, 6) is 1.73. The molecule has 6 nitrogen and oxygen atoms in total. The van der Waals surface area contributed by atoms with Crippen LogP contribution in [0.5, 0.6) is 0 Å². The molecule has 41 heavy (non-hydrogen) atoms. The van der Waals surface area contributed by atoms with Crippen LogP contribution in [0.3, 0.4) is 0 Å². The van der Waals surface area contributed by atoms with Crippen molar-refractivity contribution in [3.05, 3.63) is 11.6 Å². The molecular formula is C35H56O6. The SMILES string of the molecule is CC(=O)O[C@H]1CC[C@]2(C)C3CC=C4[C@@H]5[C@@H](C)[C@H](C)CC[C@]5(C(=O)OCC(O)CO)CC[C@@]4(C)[C@]3(C)CC[C@H]2C1(C)C. The zero-order valence-electron chi connectivity index (χ0n) is 26.9. The number of esters is 2. The summed E-state index contributed by atoms with van der Waals surface area (Å²) in [7, 11) is 0. The molecule has 0 radical (unpaired) electrons. The molecule has 4 fully saturated rings. The molecule has 5 aliphatic rings. The molecular weight excluding hydrogens is 516 g/mol. The smallest absolute Gasteiger partial charge is 0.312 e. The molecule has 11 atom stereocenters. The van der Waals surface area contributed by atoms with E-state index in [1.165, 1.54) is 12.5 Å². The standard InChI is InChI=1S/C35H56O6/c1-21-11-16-35(30(39)40-20-24(38)19-36)18-17-33(7)25(29(35)22(21)2)9-10-27-32(6)14-13-28(41-23(3)37)31(4,5)26(32)12-15-34(27,33)8/h9,21-22,24,26-29,36,38H,10-20H2,1-8H3/t21-,22+,24?,26+,27?,28+,29+,32+,33-,34-,35+/m1/s1. The molecule has 2 unspecified atom stereocenters. The lowest BCUT2D eigenvalue weighted by molar-refractivity contribution is -0.214. The van der Waals surface area contributed by atoms with E-state index in [9.17, 15) is 19.8 Å². The van der Waals surface area contributed by atoms with Crippen LogP contribution in [0.25, 0.3) is 0 Å². The average molecular weight is 573 g/mol. The minimum atomic E-state index is -1.03. The van der Waals surface area contributed by atoms with Crippen LogP contribution in [0.2, 0.25) is 0 Å². The lowest BCUT2D eigenvalue weighted by Crippen LogP contribution is -2.65. The number of hydrogen-bond acceptors (Lipinski definition) is 6. The van der Waals surface area contributed by atoms with Crippen LogP contribution in [0, 0.1) is 56.7 Å². The first-order valence-corrected chi connectivity index (χ1v) is 16.4. The van der Waals surface area contributed by atoms with Gasteiger partial charge in [-0.2, -0.15) is 0 Å². The summed E-state index contributed by atoms with van der Waals surface area (Å²) in [5, 5.41) is 19.2. The van der Waals surface area contributed by atoms with E-state index in [2.05, 4.69) is 54.5 Å². The topological polar surface area (TPSA) is 93.1 Å². The van der Waals surface area contributed by atoms with Gasteiger partial charge in [0.1, 0.15) is 18.8 Å². The fraction of sp³-hybridized carbons (Fsp3) is 0.886. The zero-order chi connectivity index (χ0) is 30.2. The van der Waals surface area contributed by atoms with Gasteiger partial charge in [-0.15, -0.1) is 0 Å². The fourth-order valence-electron chi connectivity index (χ4n) is 11.6. The molecule has 0 aromatic heterocycles. The lowest BCUT2D eigenvalue weighted by atomic mass is 9.33. The van der Waals surface area contributed by atoms with Crippen LogP contribution < -0.4 is 0 Å². The Labute approximate surface area is 248 Å². The monoisotopic (exact) mass is 572 g/mol. The molecule has 0 heterocycles. The van der Waals surface area contributed by atoms with Crippen molar-refractivity contribution in [2.24, 2.45) is 56.7 Å². The molecule has 2 N–H and O–H groups in total. The van der Waals surface area contributed by atoms with Gasteiger partial charge < -0.3 is 19.7 Å². The molecule has 232 valence electrons. The summed E-state index contributed by atoms with van der Waals surface area (Å²) in [6.07, 6.45) is 10.5. The van der Waals surface area contributed by atoms with Crippen LogP contribution in [-0.4, -0.2) is 47.6 Å². The molecule has 4 saturated carbocycles. The summed E-state index contributed by atoms with van der Waals surface area (Å²) in [6, 6.07) is 0. The summed E-state index contributed by atoms with van der Waals surface area (Å²) in [5.41, 5.74) is 1.17. The zero-order valence-corrected chi connectivity index (χ0v) is 26.9. The summed E-state index contributed by atoms with van der Waals surface area (Å²) in [6.45, 7) is 18.0. The quantitative estimate of drug-likeness (QED) is 0.290. The molecule has 6 heteroatoms. The first-order valence-electron chi connectivity index (χ1n) is 16.4. The van der Waals surface area contributed by atoms with Gasteiger partial charge in [0, 0.05) is 12.3 Å². The molecule has 0 amide bonds. The van der Waals surface area contributed by atoms with E-state index < -0.39 is 18.1 Å². The largest absolute Gasteiger partial charge is 0.462 e. The molecule has 5 rings (SSSR count). The van der Waals surface area contributed by atoms with Gasteiger partial charge in [0.25, 0.3) is 0 Å². The first kappa shape index (κ1) is 31.0. The van der Waals surface area contributed by atoms with Crippen molar-refractivity contribution in [2.45, 2.75) is 125 Å². The molecule has 0 bridgehead atoms. The van der Waals surface area contributed by atoms with Gasteiger partial charge >= 0.3 is 11.9 Å². The van der Waals surface area contributed by atoms with Gasteiger partial charge in [-0.1, -0.05) is 60.1 Å². The Bertz CT molecular complexity index is 1080. The maximum Gasteiger partial charge on any atom is 0.312 e. The summed E-state index contributed by atoms with van der Waals surface area (Å²) in [4.78, 5) is 25.9. The molecule has 5 aliphatic carbocycles. The van der Waals surface area contributed by atoms with Crippen LogP contribution in [0.4, 0.5) is 0 Å². The Morgan fingerprint density at radius 3 is 2.34 bits per heavy atom. The Morgan fingerprint density at radius 2 is 1.68 bits per heavy atom. The van der Waals surface area contributed by atoms with Crippen LogP contribution in [0.15, 0.2) is 11.6 Å². The number of aliphatic hydroxyl groups is 2. The predicted octanol–water partition coefficient (Wildman–Crippen LogP) is 6.47. The number of aliphatic hydroxyl groups excluding tert-OH is 2. The van der Waals surface area contributed by atoms with Crippen molar-refractivity contribution in [3.63, 3.8) is 0 Å². The number of carbonyl (C=O) groups is 2. The Hall–Kier alpha value is -1.40. The number of carbonyl (C=O) groups excluding carboxylic acids is 2. The van der Waals surface area contributed by atoms with E-state index in [1.54, 1.807) is 0 Å². The van der Waals surface area contributed by atoms with Crippen molar-refractivity contribution in [1.82, 2.24) is 0 Å². The third kappa shape index (κ3) is 4.38. The van der Waals surface area contributed by atoms with Crippen LogP contribution >= 0.6 is 0 Å². The molecule has 0 aromatic carbocycles. The number of allylic oxidation sites excluding steroid dienone is 2. The second-order valence-corrected chi connectivity index (χ2v) is 16.2. The minimum absolute atomic E-state index is 0.00511. The number of rotatable bonds is 5. The van der Waals surface area contributed by atoms with Crippen LogP contribution in [-0.2, 0) is 19.1 Å². The van der Waals surface area contributed by atoms with E-state index >= 15 is 0 Å². The van der Waals surface area contributed by atoms with Gasteiger partial charge in [0.2, 0.25) is 0 Å². The van der Waals surface area contributed by atoms with Crippen molar-refractivity contribution < 1.29 is 29.3 Å². The van der Waals surface area contributed by atoms with Gasteiger partial charge in [0.15, 0.2) is 0 Å². The maximum absolute atomic E-state index is 13.9. The van der Waals surface area contributed by atoms with E-state index in [4.69, 9.17) is 9.47 Å². The minimum Gasteiger partial charge on any atom is -0.462 e. The third-order valence-electron chi connectivity index (χ3n) is 14.3.